The summed E-state index contributed by atoms with van der Waals surface area (Å²) >= 11 is 5.72. The summed E-state index contributed by atoms with van der Waals surface area (Å²) in [7, 11) is 0. The zero-order valence-corrected chi connectivity index (χ0v) is 13.0. The number of rotatable bonds is 4. The second-order valence-corrected chi connectivity index (χ2v) is 5.86. The molecule has 0 saturated carbocycles. The molecule has 3 rings (SSSR count). The number of aryl methyl sites for hydroxylation is 1. The number of hydrogen-bond acceptors (Lipinski definition) is 4. The Bertz CT molecular complexity index is 629. The molecule has 0 aromatic carbocycles. The Hall–Kier alpha value is -1.88. The highest BCUT2D eigenvalue weighted by Crippen LogP contribution is 2.30. The van der Waals surface area contributed by atoms with Crippen LogP contribution < -0.4 is 0 Å². The summed E-state index contributed by atoms with van der Waals surface area (Å²) < 4.78 is 5.05. The molecule has 116 valence electrons. The molecule has 1 saturated heterocycles. The van der Waals surface area contributed by atoms with Crippen LogP contribution in [0.25, 0.3) is 0 Å². The van der Waals surface area contributed by atoms with E-state index in [1.54, 1.807) is 12.3 Å². The van der Waals surface area contributed by atoms with E-state index in [1.165, 1.54) is 0 Å². The smallest absolute Gasteiger partial charge is 0.223 e. The molecule has 0 spiro atoms. The predicted octanol–water partition coefficient (Wildman–Crippen LogP) is 3.41. The van der Waals surface area contributed by atoms with Crippen LogP contribution in [0.4, 0.5) is 0 Å². The van der Waals surface area contributed by atoms with Gasteiger partial charge in [-0.2, -0.15) is 0 Å². The van der Waals surface area contributed by atoms with Crippen LogP contribution >= 0.6 is 11.6 Å². The molecule has 1 amide bonds. The average Bonchev–Trinajstić information content (AvgIpc) is 2.99. The molecule has 0 bridgehead atoms. The van der Waals surface area contributed by atoms with Crippen molar-refractivity contribution in [2.75, 3.05) is 6.54 Å². The van der Waals surface area contributed by atoms with Gasteiger partial charge in [-0.05, 0) is 31.4 Å². The van der Waals surface area contributed by atoms with Crippen molar-refractivity contribution in [2.45, 2.75) is 38.1 Å². The number of carbonyl (C=O) groups is 1. The quantitative estimate of drug-likeness (QED) is 0.866. The molecule has 1 aliphatic heterocycles. The van der Waals surface area contributed by atoms with E-state index in [1.807, 2.05) is 23.1 Å². The second-order valence-electron chi connectivity index (χ2n) is 5.47. The topological polar surface area (TPSA) is 59.2 Å². The maximum Gasteiger partial charge on any atom is 0.223 e. The lowest BCUT2D eigenvalue weighted by Crippen LogP contribution is -2.38. The molecule has 5 nitrogen and oxygen atoms in total. The van der Waals surface area contributed by atoms with Gasteiger partial charge in [-0.1, -0.05) is 22.8 Å². The minimum absolute atomic E-state index is 0.0840. The lowest BCUT2D eigenvalue weighted by molar-refractivity contribution is -0.135. The molecule has 1 atom stereocenters. The molecule has 2 aromatic heterocycles. The van der Waals surface area contributed by atoms with Crippen LogP contribution in [0.2, 0.25) is 5.15 Å². The Kier molecular flexibility index (Phi) is 4.73. The van der Waals surface area contributed by atoms with Gasteiger partial charge in [0.1, 0.15) is 5.76 Å². The number of halogens is 1. The number of amides is 1. The third-order valence-electron chi connectivity index (χ3n) is 3.97. The molecular formula is C16H18ClN3O2. The van der Waals surface area contributed by atoms with Gasteiger partial charge < -0.3 is 9.42 Å². The van der Waals surface area contributed by atoms with Crippen molar-refractivity contribution in [3.8, 4) is 0 Å². The Morgan fingerprint density at radius 2 is 2.32 bits per heavy atom. The first kappa shape index (κ1) is 15.0. The van der Waals surface area contributed by atoms with Gasteiger partial charge in [-0.15, -0.1) is 0 Å². The summed E-state index contributed by atoms with van der Waals surface area (Å²) in [6, 6.07) is 7.59. The highest BCUT2D eigenvalue weighted by molar-refractivity contribution is 6.29. The van der Waals surface area contributed by atoms with Gasteiger partial charge in [0.2, 0.25) is 5.91 Å². The normalized spacial score (nSPS) is 18.4. The molecule has 0 radical (unpaired) electrons. The molecule has 1 aliphatic rings. The first-order valence-corrected chi connectivity index (χ1v) is 7.93. The zero-order chi connectivity index (χ0) is 15.4. The number of pyridine rings is 1. The SMILES string of the molecule is O=C(CCc1cc(Cl)no1)N1CCCC[C@H]1c1ccccn1. The average molecular weight is 320 g/mol. The molecule has 22 heavy (non-hydrogen) atoms. The van der Waals surface area contributed by atoms with E-state index in [-0.39, 0.29) is 11.9 Å². The van der Waals surface area contributed by atoms with Crippen LogP contribution in [0.15, 0.2) is 35.0 Å². The van der Waals surface area contributed by atoms with Gasteiger partial charge in [0.15, 0.2) is 5.15 Å². The minimum Gasteiger partial charge on any atom is -0.360 e. The molecule has 0 unspecified atom stereocenters. The lowest BCUT2D eigenvalue weighted by atomic mass is 9.98. The second kappa shape index (κ2) is 6.92. The summed E-state index contributed by atoms with van der Waals surface area (Å²) in [5.74, 6) is 0.771. The van der Waals surface area contributed by atoms with Crippen molar-refractivity contribution in [1.29, 1.82) is 0 Å². The number of nitrogens with zero attached hydrogens (tertiary/aromatic N) is 3. The van der Waals surface area contributed by atoms with Crippen LogP contribution in [0.1, 0.15) is 43.2 Å². The molecule has 6 heteroatoms. The van der Waals surface area contributed by atoms with E-state index >= 15 is 0 Å². The Morgan fingerprint density at radius 3 is 3.05 bits per heavy atom. The monoisotopic (exact) mass is 319 g/mol. The highest BCUT2D eigenvalue weighted by Gasteiger charge is 2.28. The van der Waals surface area contributed by atoms with Gasteiger partial charge in [0.25, 0.3) is 0 Å². The zero-order valence-electron chi connectivity index (χ0n) is 12.2. The van der Waals surface area contributed by atoms with E-state index in [2.05, 4.69) is 10.1 Å². The number of likely N-dealkylation sites (tertiary alicyclic amines) is 1. The van der Waals surface area contributed by atoms with Gasteiger partial charge in [-0.25, -0.2) is 0 Å². The van der Waals surface area contributed by atoms with E-state index in [9.17, 15) is 4.79 Å². The van der Waals surface area contributed by atoms with E-state index in [4.69, 9.17) is 16.1 Å². The minimum atomic E-state index is 0.0840. The predicted molar refractivity (Wildman–Crippen MR) is 82.4 cm³/mol. The van der Waals surface area contributed by atoms with Crippen molar-refractivity contribution in [3.63, 3.8) is 0 Å². The Labute approximate surface area is 134 Å². The van der Waals surface area contributed by atoms with Crippen molar-refractivity contribution >= 4 is 17.5 Å². The van der Waals surface area contributed by atoms with Crippen molar-refractivity contribution in [1.82, 2.24) is 15.0 Å². The van der Waals surface area contributed by atoms with E-state index < -0.39 is 0 Å². The molecule has 1 fully saturated rings. The number of hydrogen-bond donors (Lipinski definition) is 0. The third kappa shape index (κ3) is 3.47. The molecule has 3 heterocycles. The van der Waals surface area contributed by atoms with Crippen LogP contribution in [-0.4, -0.2) is 27.5 Å². The summed E-state index contributed by atoms with van der Waals surface area (Å²) in [6.07, 6.45) is 5.84. The molecule has 0 N–H and O–H groups in total. The molecule has 0 aliphatic carbocycles. The van der Waals surface area contributed by atoms with E-state index in [0.717, 1.165) is 31.5 Å². The number of aromatic nitrogens is 2. The first-order chi connectivity index (χ1) is 10.7. The van der Waals surface area contributed by atoms with Crippen LogP contribution in [0, 0.1) is 0 Å². The molecule has 2 aromatic rings. The van der Waals surface area contributed by atoms with Crippen molar-refractivity contribution in [2.24, 2.45) is 0 Å². The van der Waals surface area contributed by atoms with Crippen LogP contribution in [0.3, 0.4) is 0 Å². The Morgan fingerprint density at radius 1 is 1.41 bits per heavy atom. The summed E-state index contributed by atoms with van der Waals surface area (Å²) in [6.45, 7) is 0.789. The third-order valence-corrected chi connectivity index (χ3v) is 4.15. The number of piperidine rings is 1. The van der Waals surface area contributed by atoms with Gasteiger partial charge in [0, 0.05) is 31.6 Å². The summed E-state index contributed by atoms with van der Waals surface area (Å²) in [5, 5.41) is 3.95. The van der Waals surface area contributed by atoms with Crippen molar-refractivity contribution < 1.29 is 9.32 Å². The fraction of sp³-hybridized carbons (Fsp3) is 0.438. The fourth-order valence-electron chi connectivity index (χ4n) is 2.89. The maximum atomic E-state index is 12.6. The van der Waals surface area contributed by atoms with Crippen molar-refractivity contribution in [3.05, 3.63) is 47.1 Å². The van der Waals surface area contributed by atoms with Gasteiger partial charge in [-0.3, -0.25) is 9.78 Å². The summed E-state index contributed by atoms with van der Waals surface area (Å²) in [5.41, 5.74) is 0.971. The van der Waals surface area contributed by atoms with E-state index in [0.29, 0.717) is 23.8 Å². The van der Waals surface area contributed by atoms with Gasteiger partial charge in [0.05, 0.1) is 11.7 Å². The largest absolute Gasteiger partial charge is 0.360 e. The lowest BCUT2D eigenvalue weighted by Gasteiger charge is -2.35. The summed E-state index contributed by atoms with van der Waals surface area (Å²) in [4.78, 5) is 18.9. The highest BCUT2D eigenvalue weighted by atomic mass is 35.5. The maximum absolute atomic E-state index is 12.6. The standard InChI is InChI=1S/C16H18ClN3O2/c17-15-11-12(22-19-15)7-8-16(21)20-10-4-2-6-14(20)13-5-1-3-9-18-13/h1,3,5,9,11,14H,2,4,6-8,10H2/t14-/m0/s1. The van der Waals surface area contributed by atoms with Crippen LogP contribution in [-0.2, 0) is 11.2 Å². The van der Waals surface area contributed by atoms with Crippen LogP contribution in [0.5, 0.6) is 0 Å². The molecular weight excluding hydrogens is 302 g/mol. The van der Waals surface area contributed by atoms with Gasteiger partial charge >= 0.3 is 0 Å². The first-order valence-electron chi connectivity index (χ1n) is 7.55. The Balaban J connectivity index is 1.66. The fourth-order valence-corrected chi connectivity index (χ4v) is 3.05. The number of carbonyl (C=O) groups excluding carboxylic acids is 1.